The van der Waals surface area contributed by atoms with Crippen LogP contribution in [-0.4, -0.2) is 29.4 Å². The highest BCUT2D eigenvalue weighted by molar-refractivity contribution is 7.99. The van der Waals surface area contributed by atoms with E-state index in [2.05, 4.69) is 66.5 Å². The van der Waals surface area contributed by atoms with E-state index in [9.17, 15) is 0 Å². The molecular weight excluding hydrogens is 320 g/mol. The molecule has 0 bridgehead atoms. The van der Waals surface area contributed by atoms with Crippen LogP contribution in [0.1, 0.15) is 16.7 Å². The molecule has 0 aliphatic heterocycles. The average Bonchev–Trinajstić information content (AvgIpc) is 2.55. The van der Waals surface area contributed by atoms with Crippen molar-refractivity contribution in [3.05, 3.63) is 65.2 Å². The molecule has 0 unspecified atom stereocenters. The predicted molar refractivity (Wildman–Crippen MR) is 105 cm³/mol. The molecule has 0 aromatic heterocycles. The Labute approximate surface area is 149 Å². The van der Waals surface area contributed by atoms with Crippen molar-refractivity contribution >= 4 is 29.1 Å². The highest BCUT2D eigenvalue weighted by Gasteiger charge is 2.07. The molecule has 2 rings (SSSR count). The molecule has 0 saturated carbocycles. The van der Waals surface area contributed by atoms with E-state index in [-0.39, 0.29) is 0 Å². The van der Waals surface area contributed by atoms with Crippen molar-refractivity contribution in [2.75, 3.05) is 19.3 Å². The van der Waals surface area contributed by atoms with Gasteiger partial charge in [0.25, 0.3) is 0 Å². The Morgan fingerprint density at radius 2 is 1.87 bits per heavy atom. The topological polar surface area (TPSA) is 15.3 Å². The summed E-state index contributed by atoms with van der Waals surface area (Å²) in [6.45, 7) is 5.99. The molecule has 4 heteroatoms. The number of hydrogen-bond acceptors (Lipinski definition) is 2. The van der Waals surface area contributed by atoms with Crippen molar-refractivity contribution in [3.8, 4) is 0 Å². The van der Waals surface area contributed by atoms with Crippen LogP contribution in [0.15, 0.2) is 53.4 Å². The van der Waals surface area contributed by atoms with Crippen LogP contribution >= 0.6 is 24.0 Å². The lowest BCUT2D eigenvalue weighted by molar-refractivity contribution is 0.490. The first kappa shape index (κ1) is 17.8. The molecule has 0 aliphatic rings. The molecule has 0 atom stereocenters. The number of hydrogen-bond donors (Lipinski definition) is 1. The number of nitrogens with zero attached hydrogens (tertiary/aromatic N) is 1. The first-order chi connectivity index (χ1) is 11.1. The van der Waals surface area contributed by atoms with E-state index in [1.54, 1.807) is 0 Å². The van der Waals surface area contributed by atoms with Crippen molar-refractivity contribution in [1.82, 2.24) is 10.2 Å². The molecular formula is C19H24N2S2. The Bertz CT molecular complexity index is 641. The van der Waals surface area contributed by atoms with E-state index < -0.39 is 0 Å². The minimum atomic E-state index is 0.804. The van der Waals surface area contributed by atoms with E-state index in [1.165, 1.54) is 21.6 Å². The van der Waals surface area contributed by atoms with Crippen LogP contribution < -0.4 is 5.32 Å². The fraction of sp³-hybridized carbons (Fsp3) is 0.316. The summed E-state index contributed by atoms with van der Waals surface area (Å²) in [6.07, 6.45) is 0. The van der Waals surface area contributed by atoms with Crippen LogP contribution in [0.2, 0.25) is 0 Å². The Balaban J connectivity index is 1.74. The number of rotatable bonds is 6. The van der Waals surface area contributed by atoms with Gasteiger partial charge in [-0.3, -0.25) is 0 Å². The van der Waals surface area contributed by atoms with Gasteiger partial charge in [-0.15, -0.1) is 11.8 Å². The van der Waals surface area contributed by atoms with Gasteiger partial charge in [-0.2, -0.15) is 0 Å². The minimum Gasteiger partial charge on any atom is -0.362 e. The second-order valence-electron chi connectivity index (χ2n) is 5.68. The minimum absolute atomic E-state index is 0.804. The molecule has 0 heterocycles. The summed E-state index contributed by atoms with van der Waals surface area (Å²) in [4.78, 5) is 3.39. The second-order valence-corrected chi connectivity index (χ2v) is 7.23. The standard InChI is InChI=1S/C19H24N2S2/c1-15-9-10-17(16(2)13-15)14-21(3)19(22)20-11-12-23-18-7-5-4-6-8-18/h4-10,13H,11-12,14H2,1-3H3,(H,20,22). The van der Waals surface area contributed by atoms with Gasteiger partial charge in [0.2, 0.25) is 0 Å². The maximum Gasteiger partial charge on any atom is 0.169 e. The van der Waals surface area contributed by atoms with Crippen LogP contribution in [0.5, 0.6) is 0 Å². The molecule has 1 N–H and O–H groups in total. The first-order valence-corrected chi connectivity index (χ1v) is 9.18. The maximum absolute atomic E-state index is 5.48. The fourth-order valence-corrected chi connectivity index (χ4v) is 3.29. The summed E-state index contributed by atoms with van der Waals surface area (Å²) in [5.41, 5.74) is 3.94. The van der Waals surface area contributed by atoms with Crippen molar-refractivity contribution in [1.29, 1.82) is 0 Å². The zero-order chi connectivity index (χ0) is 16.7. The number of nitrogens with one attached hydrogen (secondary N) is 1. The van der Waals surface area contributed by atoms with Crippen molar-refractivity contribution in [3.63, 3.8) is 0 Å². The van der Waals surface area contributed by atoms with E-state index in [0.717, 1.165) is 24.0 Å². The van der Waals surface area contributed by atoms with Crippen LogP contribution in [-0.2, 0) is 6.54 Å². The monoisotopic (exact) mass is 344 g/mol. The smallest absolute Gasteiger partial charge is 0.169 e. The van der Waals surface area contributed by atoms with Crippen LogP contribution in [0.25, 0.3) is 0 Å². The van der Waals surface area contributed by atoms with Gasteiger partial charge in [0, 0.05) is 30.8 Å². The molecule has 0 amide bonds. The normalized spacial score (nSPS) is 10.4. The van der Waals surface area contributed by atoms with Gasteiger partial charge < -0.3 is 10.2 Å². The van der Waals surface area contributed by atoms with Crippen molar-refractivity contribution in [2.24, 2.45) is 0 Å². The SMILES string of the molecule is Cc1ccc(CN(C)C(=S)NCCSc2ccccc2)c(C)c1. The lowest BCUT2D eigenvalue weighted by atomic mass is 10.1. The van der Waals surface area contributed by atoms with Crippen LogP contribution in [0, 0.1) is 13.8 Å². The maximum atomic E-state index is 5.48. The Morgan fingerprint density at radius 3 is 2.57 bits per heavy atom. The summed E-state index contributed by atoms with van der Waals surface area (Å²) in [7, 11) is 2.04. The molecule has 2 nitrogen and oxygen atoms in total. The summed E-state index contributed by atoms with van der Waals surface area (Å²) in [6, 6.07) is 17.0. The van der Waals surface area contributed by atoms with Gasteiger partial charge in [-0.05, 0) is 49.3 Å². The van der Waals surface area contributed by atoms with E-state index in [4.69, 9.17) is 12.2 Å². The van der Waals surface area contributed by atoms with E-state index >= 15 is 0 Å². The third-order valence-corrected chi connectivity index (χ3v) is 5.11. The molecule has 122 valence electrons. The zero-order valence-electron chi connectivity index (χ0n) is 14.0. The molecule has 0 radical (unpaired) electrons. The quantitative estimate of drug-likeness (QED) is 0.474. The van der Waals surface area contributed by atoms with E-state index in [1.807, 2.05) is 24.9 Å². The molecule has 23 heavy (non-hydrogen) atoms. The summed E-state index contributed by atoms with van der Waals surface area (Å²) >= 11 is 7.32. The molecule has 0 spiro atoms. The van der Waals surface area contributed by atoms with Crippen molar-refractivity contribution < 1.29 is 0 Å². The number of thiocarbonyl (C=S) groups is 1. The van der Waals surface area contributed by atoms with Gasteiger partial charge in [-0.25, -0.2) is 0 Å². The average molecular weight is 345 g/mol. The Morgan fingerprint density at radius 1 is 1.13 bits per heavy atom. The lowest BCUT2D eigenvalue weighted by Gasteiger charge is -2.22. The first-order valence-electron chi connectivity index (χ1n) is 7.79. The third-order valence-electron chi connectivity index (χ3n) is 3.64. The fourth-order valence-electron chi connectivity index (χ4n) is 2.33. The van der Waals surface area contributed by atoms with Crippen molar-refractivity contribution in [2.45, 2.75) is 25.3 Å². The van der Waals surface area contributed by atoms with Crippen LogP contribution in [0.4, 0.5) is 0 Å². The molecule has 2 aromatic carbocycles. The third kappa shape index (κ3) is 5.88. The van der Waals surface area contributed by atoms with E-state index in [0.29, 0.717) is 0 Å². The number of aryl methyl sites for hydroxylation is 2. The van der Waals surface area contributed by atoms with Gasteiger partial charge in [0.1, 0.15) is 0 Å². The highest BCUT2D eigenvalue weighted by Crippen LogP contribution is 2.16. The largest absolute Gasteiger partial charge is 0.362 e. The zero-order valence-corrected chi connectivity index (χ0v) is 15.6. The lowest BCUT2D eigenvalue weighted by Crippen LogP contribution is -2.37. The molecule has 0 aliphatic carbocycles. The Kier molecular flexibility index (Phi) is 6.93. The Hall–Kier alpha value is -1.52. The second kappa shape index (κ2) is 8.94. The van der Waals surface area contributed by atoms with Crippen LogP contribution in [0.3, 0.4) is 0 Å². The van der Waals surface area contributed by atoms with Gasteiger partial charge in [-0.1, -0.05) is 42.0 Å². The number of thioether (sulfide) groups is 1. The summed E-state index contributed by atoms with van der Waals surface area (Å²) < 4.78 is 0. The molecule has 0 fully saturated rings. The van der Waals surface area contributed by atoms with Gasteiger partial charge in [0.05, 0.1) is 0 Å². The van der Waals surface area contributed by atoms with Gasteiger partial charge >= 0.3 is 0 Å². The predicted octanol–water partition coefficient (Wildman–Crippen LogP) is 4.40. The molecule has 2 aromatic rings. The van der Waals surface area contributed by atoms with Gasteiger partial charge in [0.15, 0.2) is 5.11 Å². The highest BCUT2D eigenvalue weighted by atomic mass is 32.2. The summed E-state index contributed by atoms with van der Waals surface area (Å²) in [5.74, 6) is 1.00. The molecule has 0 saturated heterocycles. The number of benzene rings is 2. The summed E-state index contributed by atoms with van der Waals surface area (Å²) in [5, 5.41) is 4.14.